The number of hydrogen-bond donors (Lipinski definition) is 0. The van der Waals surface area contributed by atoms with Crippen molar-refractivity contribution in [2.45, 2.75) is 53.4 Å². The topological polar surface area (TPSA) is 0 Å². The minimum absolute atomic E-state index is 0. The zero-order chi connectivity index (χ0) is 13.5. The van der Waals surface area contributed by atoms with Crippen LogP contribution >= 0.6 is 24.8 Å². The van der Waals surface area contributed by atoms with Crippen LogP contribution < -0.4 is 0 Å². The fraction of sp³-hybridized carbons (Fsp3) is 0.471. The fourth-order valence-electron chi connectivity index (χ4n) is 2.33. The maximum atomic E-state index is 3.51. The van der Waals surface area contributed by atoms with Gasteiger partial charge < -0.3 is 0 Å². The van der Waals surface area contributed by atoms with Crippen LogP contribution in [0.3, 0.4) is 0 Å². The maximum Gasteiger partial charge on any atom is -0.147 e. The van der Waals surface area contributed by atoms with E-state index >= 15 is 0 Å². The standard InChI is InChI=1S/C14H17.C3H6.2ClH.Zr/c1-3-11-9-10-14(13(11)4-2)12-7-5-6-8-12;1-3-2;;;/h5-7H,3-4,8,10H2,1-2H3;1-2H3;2*1H;/q-1;;;;. The van der Waals surface area contributed by atoms with Crippen LogP contribution in [0.5, 0.6) is 0 Å². The van der Waals surface area contributed by atoms with Crippen LogP contribution in [0.2, 0.25) is 0 Å². The van der Waals surface area contributed by atoms with Crippen LogP contribution in [0.4, 0.5) is 0 Å². The Morgan fingerprint density at radius 1 is 1.20 bits per heavy atom. The molecular formula is C17H25Cl2Zr-. The summed E-state index contributed by atoms with van der Waals surface area (Å²) in [5, 5.41) is 0. The quantitative estimate of drug-likeness (QED) is 0.541. The van der Waals surface area contributed by atoms with E-state index in [1.54, 1.807) is 35.4 Å². The molecule has 0 N–H and O–H groups in total. The van der Waals surface area contributed by atoms with Gasteiger partial charge in [0.15, 0.2) is 0 Å². The van der Waals surface area contributed by atoms with Crippen molar-refractivity contribution in [2.75, 3.05) is 0 Å². The van der Waals surface area contributed by atoms with Crippen molar-refractivity contribution in [2.24, 2.45) is 0 Å². The van der Waals surface area contributed by atoms with Gasteiger partial charge in [0.2, 0.25) is 0 Å². The van der Waals surface area contributed by atoms with Crippen molar-refractivity contribution >= 4 is 28.0 Å². The van der Waals surface area contributed by atoms with E-state index in [0.717, 1.165) is 25.7 Å². The normalized spacial score (nSPS) is 15.6. The molecule has 0 aromatic rings. The molecule has 0 amide bonds. The maximum absolute atomic E-state index is 3.51. The molecule has 0 heterocycles. The number of rotatable bonds is 3. The minimum Gasteiger partial charge on any atom is -0.147 e. The molecule has 0 nitrogen and oxygen atoms in total. The molecule has 0 aromatic carbocycles. The van der Waals surface area contributed by atoms with Gasteiger partial charge in [-0.1, -0.05) is 50.5 Å². The summed E-state index contributed by atoms with van der Waals surface area (Å²) in [5.74, 6) is 0. The van der Waals surface area contributed by atoms with Gasteiger partial charge in [-0.05, 0) is 6.42 Å². The zero-order valence-electron chi connectivity index (χ0n) is 12.9. The smallest absolute Gasteiger partial charge is 0.147 e. The van der Waals surface area contributed by atoms with Gasteiger partial charge in [0.1, 0.15) is 0 Å². The summed E-state index contributed by atoms with van der Waals surface area (Å²) in [6.07, 6.45) is 14.6. The first-order valence-electron chi connectivity index (χ1n) is 6.80. The van der Waals surface area contributed by atoms with Gasteiger partial charge in [0, 0.05) is 0 Å². The van der Waals surface area contributed by atoms with Crippen LogP contribution in [-0.2, 0) is 24.2 Å². The van der Waals surface area contributed by atoms with E-state index in [2.05, 4.69) is 52.0 Å². The minimum atomic E-state index is 0. The molecule has 0 fully saturated rings. The average Bonchev–Trinajstić information content (AvgIpc) is 2.96. The number of halogens is 2. The summed E-state index contributed by atoms with van der Waals surface area (Å²) in [6.45, 7) is 8.72. The SMILES string of the molecule is CCC1=[C-]CC(C2=CC=CC2)=C1CC.C[C](C)=[Zr].Cl.Cl. The van der Waals surface area contributed by atoms with Gasteiger partial charge in [0.05, 0.1) is 0 Å². The molecule has 3 heteroatoms. The van der Waals surface area contributed by atoms with Crippen LogP contribution in [0.25, 0.3) is 0 Å². The van der Waals surface area contributed by atoms with Gasteiger partial charge >= 0.3 is 41.3 Å². The Balaban J connectivity index is 0. The Bertz CT molecular complexity index is 436. The van der Waals surface area contributed by atoms with Crippen molar-refractivity contribution in [3.63, 3.8) is 0 Å². The van der Waals surface area contributed by atoms with Gasteiger partial charge in [-0.3, -0.25) is 6.08 Å². The molecule has 0 radical (unpaired) electrons. The second kappa shape index (κ2) is 11.9. The molecule has 112 valence electrons. The summed E-state index contributed by atoms with van der Waals surface area (Å²) in [6, 6.07) is 0. The number of hydrogen-bond acceptors (Lipinski definition) is 0. The number of allylic oxidation sites excluding steroid dienone is 8. The second-order valence-electron chi connectivity index (χ2n) is 4.82. The predicted octanol–water partition coefficient (Wildman–Crippen LogP) is 5.71. The van der Waals surface area contributed by atoms with E-state index in [9.17, 15) is 0 Å². The molecule has 2 rings (SSSR count). The Hall–Kier alpha value is 0.293. The van der Waals surface area contributed by atoms with Crippen molar-refractivity contribution in [3.8, 4) is 0 Å². The largest absolute Gasteiger partial charge is 0.147 e. The van der Waals surface area contributed by atoms with Crippen LogP contribution in [0.1, 0.15) is 53.4 Å². The van der Waals surface area contributed by atoms with Gasteiger partial charge in [0.25, 0.3) is 0 Å². The molecule has 0 saturated carbocycles. The summed E-state index contributed by atoms with van der Waals surface area (Å²) in [4.78, 5) is 0. The fourth-order valence-corrected chi connectivity index (χ4v) is 2.33. The molecular weight excluding hydrogens is 366 g/mol. The second-order valence-corrected chi connectivity index (χ2v) is 7.28. The van der Waals surface area contributed by atoms with Crippen LogP contribution in [-0.4, -0.2) is 3.21 Å². The third-order valence-electron chi connectivity index (χ3n) is 3.07. The van der Waals surface area contributed by atoms with Crippen molar-refractivity contribution in [1.29, 1.82) is 0 Å². The Morgan fingerprint density at radius 3 is 2.20 bits per heavy atom. The first kappa shape index (κ1) is 22.6. The monoisotopic (exact) mass is 389 g/mol. The molecule has 0 atom stereocenters. The van der Waals surface area contributed by atoms with E-state index in [4.69, 9.17) is 0 Å². The first-order valence-corrected chi connectivity index (χ1v) is 8.02. The molecule has 0 saturated heterocycles. The van der Waals surface area contributed by atoms with Crippen LogP contribution in [0.15, 0.2) is 40.5 Å². The average molecular weight is 392 g/mol. The summed E-state index contributed by atoms with van der Waals surface area (Å²) >= 11 is 1.55. The molecule has 0 aliphatic heterocycles. The van der Waals surface area contributed by atoms with Crippen LogP contribution in [0, 0.1) is 6.08 Å². The first-order chi connectivity index (χ1) is 8.60. The van der Waals surface area contributed by atoms with Gasteiger partial charge in [-0.15, -0.1) is 36.8 Å². The molecule has 0 aromatic heterocycles. The van der Waals surface area contributed by atoms with Crippen molar-refractivity contribution in [3.05, 3.63) is 46.6 Å². The van der Waals surface area contributed by atoms with E-state index in [-0.39, 0.29) is 24.8 Å². The molecule has 2 aliphatic carbocycles. The molecule has 2 aliphatic rings. The van der Waals surface area contributed by atoms with Crippen molar-refractivity contribution < 1.29 is 24.2 Å². The Morgan fingerprint density at radius 2 is 1.80 bits per heavy atom. The van der Waals surface area contributed by atoms with E-state index < -0.39 is 0 Å². The summed E-state index contributed by atoms with van der Waals surface area (Å²) in [5.41, 5.74) is 6.07. The molecule has 0 bridgehead atoms. The van der Waals surface area contributed by atoms with E-state index in [0.29, 0.717) is 0 Å². The molecule has 0 spiro atoms. The van der Waals surface area contributed by atoms with E-state index in [1.165, 1.54) is 14.4 Å². The molecule has 0 unspecified atom stereocenters. The van der Waals surface area contributed by atoms with Gasteiger partial charge in [-0.25, -0.2) is 5.57 Å². The molecule has 20 heavy (non-hydrogen) atoms. The Labute approximate surface area is 151 Å². The van der Waals surface area contributed by atoms with E-state index in [1.807, 2.05) is 0 Å². The Kier molecular flexibility index (Phi) is 13.4. The summed E-state index contributed by atoms with van der Waals surface area (Å²) < 4.78 is 1.51. The predicted molar refractivity (Wildman–Crippen MR) is 91.7 cm³/mol. The third kappa shape index (κ3) is 6.83. The zero-order valence-corrected chi connectivity index (χ0v) is 17.0. The third-order valence-corrected chi connectivity index (χ3v) is 3.07. The van der Waals surface area contributed by atoms with Gasteiger partial charge in [-0.2, -0.15) is 5.57 Å². The summed E-state index contributed by atoms with van der Waals surface area (Å²) in [7, 11) is 0. The van der Waals surface area contributed by atoms with Crippen molar-refractivity contribution in [1.82, 2.24) is 0 Å².